The summed E-state index contributed by atoms with van der Waals surface area (Å²) in [4.78, 5) is 16.8. The molecule has 1 aromatic carbocycles. The summed E-state index contributed by atoms with van der Waals surface area (Å²) in [6.07, 6.45) is 0.741. The monoisotopic (exact) mass is 402 g/mol. The Morgan fingerprint density at radius 2 is 2.11 bits per heavy atom. The molecule has 1 amide bonds. The van der Waals surface area contributed by atoms with Crippen LogP contribution >= 0.6 is 0 Å². The predicted octanol–water partition coefficient (Wildman–Crippen LogP) is 1.86. The van der Waals surface area contributed by atoms with Crippen molar-refractivity contribution < 1.29 is 17.6 Å². The molecule has 8 nitrogen and oxygen atoms in total. The van der Waals surface area contributed by atoms with Gasteiger partial charge in [-0.25, -0.2) is 13.4 Å². The lowest BCUT2D eigenvalue weighted by atomic mass is 10.1. The highest BCUT2D eigenvalue weighted by atomic mass is 32.2. The van der Waals surface area contributed by atoms with Crippen molar-refractivity contribution in [2.45, 2.75) is 39.3 Å². The minimum atomic E-state index is -2.99. The maximum atomic E-state index is 12.4. The van der Waals surface area contributed by atoms with Crippen molar-refractivity contribution in [3.8, 4) is 0 Å². The van der Waals surface area contributed by atoms with Crippen LogP contribution in [0.25, 0.3) is 11.1 Å². The van der Waals surface area contributed by atoms with Gasteiger partial charge in [0.2, 0.25) is 11.8 Å². The molecule has 0 bridgehead atoms. The van der Waals surface area contributed by atoms with Crippen molar-refractivity contribution in [1.29, 1.82) is 0 Å². The Bertz CT molecular complexity index is 1110. The summed E-state index contributed by atoms with van der Waals surface area (Å²) in [5, 5.41) is 7.33. The number of benzene rings is 1. The zero-order valence-corrected chi connectivity index (χ0v) is 16.6. The van der Waals surface area contributed by atoms with E-state index >= 15 is 0 Å². The summed E-state index contributed by atoms with van der Waals surface area (Å²) < 4.78 is 30.9. The number of para-hydroxylation sites is 2. The predicted molar refractivity (Wildman–Crippen MR) is 104 cm³/mol. The zero-order chi connectivity index (χ0) is 19.9. The summed E-state index contributed by atoms with van der Waals surface area (Å²) in [5.41, 5.74) is 3.87. The summed E-state index contributed by atoms with van der Waals surface area (Å²) in [6.45, 7) is 3.94. The third-order valence-corrected chi connectivity index (χ3v) is 6.89. The van der Waals surface area contributed by atoms with Crippen LogP contribution in [0.3, 0.4) is 0 Å². The van der Waals surface area contributed by atoms with Gasteiger partial charge in [0, 0.05) is 11.3 Å². The number of oxazole rings is 1. The lowest BCUT2D eigenvalue weighted by molar-refractivity contribution is -0.120. The number of fused-ring (bicyclic) bond motifs is 1. The van der Waals surface area contributed by atoms with E-state index in [1.165, 1.54) is 0 Å². The molecule has 3 heterocycles. The van der Waals surface area contributed by atoms with E-state index < -0.39 is 9.84 Å². The van der Waals surface area contributed by atoms with Gasteiger partial charge in [-0.2, -0.15) is 5.10 Å². The first-order chi connectivity index (χ1) is 13.3. The first-order valence-electron chi connectivity index (χ1n) is 9.18. The van der Waals surface area contributed by atoms with E-state index in [9.17, 15) is 13.2 Å². The fraction of sp³-hybridized carbons (Fsp3) is 0.421. The van der Waals surface area contributed by atoms with E-state index in [0.29, 0.717) is 17.9 Å². The number of carbonyl (C=O) groups is 1. The number of hydrogen-bond acceptors (Lipinski definition) is 6. The summed E-state index contributed by atoms with van der Waals surface area (Å²) in [6, 6.07) is 7.29. The number of carbonyl (C=O) groups excluding carboxylic acids is 1. The van der Waals surface area contributed by atoms with Gasteiger partial charge in [-0.3, -0.25) is 9.48 Å². The van der Waals surface area contributed by atoms with Crippen LogP contribution in [0.4, 0.5) is 0 Å². The van der Waals surface area contributed by atoms with Crippen LogP contribution in [0.5, 0.6) is 0 Å². The second-order valence-corrected chi connectivity index (χ2v) is 9.41. The van der Waals surface area contributed by atoms with Crippen molar-refractivity contribution in [2.75, 3.05) is 11.5 Å². The first-order valence-corrected chi connectivity index (χ1v) is 11.0. The molecular weight excluding hydrogens is 380 g/mol. The Labute approximate surface area is 162 Å². The van der Waals surface area contributed by atoms with Gasteiger partial charge in [-0.05, 0) is 32.4 Å². The van der Waals surface area contributed by atoms with Crippen LogP contribution in [-0.2, 0) is 27.6 Å². The molecule has 0 saturated carbocycles. The van der Waals surface area contributed by atoms with Gasteiger partial charge in [0.1, 0.15) is 5.52 Å². The van der Waals surface area contributed by atoms with Gasteiger partial charge in [-0.15, -0.1) is 0 Å². The highest BCUT2D eigenvalue weighted by molar-refractivity contribution is 7.91. The molecule has 3 aromatic rings. The van der Waals surface area contributed by atoms with Crippen LogP contribution in [0.1, 0.15) is 35.3 Å². The Morgan fingerprint density at radius 1 is 1.32 bits per heavy atom. The highest BCUT2D eigenvalue weighted by Gasteiger charge is 2.31. The maximum absolute atomic E-state index is 12.4. The molecule has 1 saturated heterocycles. The molecule has 28 heavy (non-hydrogen) atoms. The lowest BCUT2D eigenvalue weighted by Gasteiger charge is -2.11. The number of aromatic nitrogens is 3. The topological polar surface area (TPSA) is 107 Å². The Hall–Kier alpha value is -2.68. The Morgan fingerprint density at radius 3 is 2.82 bits per heavy atom. The van der Waals surface area contributed by atoms with Gasteiger partial charge in [-0.1, -0.05) is 12.1 Å². The van der Waals surface area contributed by atoms with Crippen LogP contribution in [0, 0.1) is 13.8 Å². The molecule has 1 unspecified atom stereocenters. The largest absolute Gasteiger partial charge is 0.439 e. The molecule has 0 aliphatic carbocycles. The fourth-order valence-electron chi connectivity index (χ4n) is 3.67. The van der Waals surface area contributed by atoms with Crippen molar-refractivity contribution in [3.63, 3.8) is 0 Å². The minimum Gasteiger partial charge on any atom is -0.439 e. The number of aryl methyl sites for hydroxylation is 1. The van der Waals surface area contributed by atoms with Gasteiger partial charge >= 0.3 is 0 Å². The van der Waals surface area contributed by atoms with E-state index in [1.54, 1.807) is 4.68 Å². The molecule has 1 N–H and O–H groups in total. The zero-order valence-electron chi connectivity index (χ0n) is 15.8. The van der Waals surface area contributed by atoms with Crippen molar-refractivity contribution >= 4 is 26.8 Å². The summed E-state index contributed by atoms with van der Waals surface area (Å²) in [7, 11) is -2.99. The average Bonchev–Trinajstić information content (AvgIpc) is 3.30. The molecule has 2 aromatic heterocycles. The second-order valence-electron chi connectivity index (χ2n) is 7.18. The van der Waals surface area contributed by atoms with Crippen LogP contribution in [0.15, 0.2) is 28.7 Å². The highest BCUT2D eigenvalue weighted by Crippen LogP contribution is 2.27. The molecule has 1 fully saturated rings. The number of sulfone groups is 1. The molecule has 0 radical (unpaired) electrons. The van der Waals surface area contributed by atoms with Crippen LogP contribution in [0.2, 0.25) is 0 Å². The van der Waals surface area contributed by atoms with E-state index in [1.807, 2.05) is 38.1 Å². The molecule has 1 aliphatic heterocycles. The quantitative estimate of drug-likeness (QED) is 0.698. The number of amides is 1. The Kier molecular flexibility index (Phi) is 4.70. The van der Waals surface area contributed by atoms with Gasteiger partial charge in [0.05, 0.1) is 36.2 Å². The third kappa shape index (κ3) is 3.66. The van der Waals surface area contributed by atoms with Gasteiger partial charge in [0.25, 0.3) is 0 Å². The number of nitrogens with zero attached hydrogens (tertiary/aromatic N) is 3. The SMILES string of the molecule is Cc1nn(C2CCS(=O)(=O)C2)c(C)c1CC(=O)NCc1nc2ccccc2o1. The molecule has 1 atom stereocenters. The molecule has 9 heteroatoms. The summed E-state index contributed by atoms with van der Waals surface area (Å²) >= 11 is 0. The normalized spacial score (nSPS) is 18.6. The van der Waals surface area contributed by atoms with E-state index in [0.717, 1.165) is 22.5 Å². The maximum Gasteiger partial charge on any atom is 0.224 e. The minimum absolute atomic E-state index is 0.109. The van der Waals surface area contributed by atoms with Crippen molar-refractivity contribution in [3.05, 3.63) is 47.1 Å². The van der Waals surface area contributed by atoms with Gasteiger partial charge < -0.3 is 9.73 Å². The smallest absolute Gasteiger partial charge is 0.224 e. The van der Waals surface area contributed by atoms with Gasteiger partial charge in [0.15, 0.2) is 15.4 Å². The number of nitrogens with one attached hydrogen (secondary N) is 1. The first kappa shape index (κ1) is 18.7. The molecule has 4 rings (SSSR count). The Balaban J connectivity index is 1.43. The number of rotatable bonds is 5. The van der Waals surface area contributed by atoms with Crippen LogP contribution < -0.4 is 5.32 Å². The van der Waals surface area contributed by atoms with Crippen molar-refractivity contribution in [2.24, 2.45) is 0 Å². The van der Waals surface area contributed by atoms with E-state index in [4.69, 9.17) is 4.42 Å². The standard InChI is InChI=1S/C19H22N4O4S/c1-12-15(13(2)23(22-12)14-7-8-28(25,26)11-14)9-18(24)20-10-19-21-16-5-3-4-6-17(16)27-19/h3-6,14H,7-11H2,1-2H3,(H,20,24). The van der Waals surface area contributed by atoms with E-state index in [2.05, 4.69) is 15.4 Å². The fourth-order valence-corrected chi connectivity index (χ4v) is 5.36. The lowest BCUT2D eigenvalue weighted by Crippen LogP contribution is -2.25. The van der Waals surface area contributed by atoms with Crippen LogP contribution in [-0.4, -0.2) is 40.6 Å². The van der Waals surface area contributed by atoms with E-state index in [-0.39, 0.29) is 36.4 Å². The third-order valence-electron chi connectivity index (χ3n) is 5.14. The summed E-state index contributed by atoms with van der Waals surface area (Å²) in [5.74, 6) is 0.594. The molecular formula is C19H22N4O4S. The average molecular weight is 402 g/mol. The molecule has 0 spiro atoms. The second kappa shape index (κ2) is 7.05. The molecule has 1 aliphatic rings. The van der Waals surface area contributed by atoms with Crippen molar-refractivity contribution in [1.82, 2.24) is 20.1 Å². The number of hydrogen-bond donors (Lipinski definition) is 1. The molecule has 148 valence electrons.